The predicted molar refractivity (Wildman–Crippen MR) is 125 cm³/mol. The molecule has 1 saturated heterocycles. The van der Waals surface area contributed by atoms with E-state index < -0.39 is 5.25 Å². The Labute approximate surface area is 194 Å². The first kappa shape index (κ1) is 23.2. The number of ether oxygens (including phenoxy) is 1. The van der Waals surface area contributed by atoms with E-state index in [9.17, 15) is 14.7 Å². The van der Waals surface area contributed by atoms with E-state index in [-0.39, 0.29) is 34.0 Å². The number of carbonyl (C=O) groups excluding carboxylic acids is 2. The van der Waals surface area contributed by atoms with Crippen molar-refractivity contribution in [3.63, 3.8) is 0 Å². The highest BCUT2D eigenvalue weighted by Crippen LogP contribution is 2.38. The maximum atomic E-state index is 12.8. The van der Waals surface area contributed by atoms with Gasteiger partial charge in [0.15, 0.2) is 10.9 Å². The SMILES string of the molecule is CCOc1cccc(NC(=O)C[C@H]2SC(=Nc3cc(Cl)c(O)c(Cl)c3)N(CC)C2=O)c1. The van der Waals surface area contributed by atoms with E-state index in [1.165, 1.54) is 28.8 Å². The van der Waals surface area contributed by atoms with Crippen molar-refractivity contribution in [3.8, 4) is 11.5 Å². The molecule has 31 heavy (non-hydrogen) atoms. The second-order valence-corrected chi connectivity index (χ2v) is 8.54. The van der Waals surface area contributed by atoms with Gasteiger partial charge in [0.25, 0.3) is 0 Å². The van der Waals surface area contributed by atoms with E-state index in [1.807, 2.05) is 13.8 Å². The fourth-order valence-electron chi connectivity index (χ4n) is 2.95. The van der Waals surface area contributed by atoms with Gasteiger partial charge in [0.05, 0.1) is 22.3 Å². The minimum absolute atomic E-state index is 0.00499. The summed E-state index contributed by atoms with van der Waals surface area (Å²) in [4.78, 5) is 31.3. The third-order valence-corrected chi connectivity index (χ3v) is 6.11. The summed E-state index contributed by atoms with van der Waals surface area (Å²) < 4.78 is 5.44. The van der Waals surface area contributed by atoms with E-state index in [1.54, 1.807) is 24.3 Å². The molecule has 1 aliphatic rings. The van der Waals surface area contributed by atoms with Gasteiger partial charge in [0.2, 0.25) is 11.8 Å². The van der Waals surface area contributed by atoms with Gasteiger partial charge in [-0.05, 0) is 38.1 Å². The molecular formula is C21H21Cl2N3O4S. The fraction of sp³-hybridized carbons (Fsp3) is 0.286. The Morgan fingerprint density at radius 3 is 2.61 bits per heavy atom. The summed E-state index contributed by atoms with van der Waals surface area (Å²) in [6.45, 7) is 4.63. The van der Waals surface area contributed by atoms with E-state index in [0.29, 0.717) is 35.4 Å². The van der Waals surface area contributed by atoms with Crippen molar-refractivity contribution in [1.29, 1.82) is 0 Å². The number of rotatable bonds is 7. The van der Waals surface area contributed by atoms with E-state index >= 15 is 0 Å². The summed E-state index contributed by atoms with van der Waals surface area (Å²) in [6.07, 6.45) is -0.00499. The minimum Gasteiger partial charge on any atom is -0.505 e. The highest BCUT2D eigenvalue weighted by Gasteiger charge is 2.38. The predicted octanol–water partition coefficient (Wildman–Crippen LogP) is 5.08. The van der Waals surface area contributed by atoms with Crippen LogP contribution in [0.3, 0.4) is 0 Å². The molecule has 10 heteroatoms. The van der Waals surface area contributed by atoms with Crippen LogP contribution in [0.4, 0.5) is 11.4 Å². The van der Waals surface area contributed by atoms with Crippen LogP contribution in [0.2, 0.25) is 10.0 Å². The Bertz CT molecular complexity index is 1010. The molecule has 7 nitrogen and oxygen atoms in total. The number of thioether (sulfide) groups is 1. The lowest BCUT2D eigenvalue weighted by Crippen LogP contribution is -2.33. The van der Waals surface area contributed by atoms with Gasteiger partial charge < -0.3 is 15.2 Å². The maximum Gasteiger partial charge on any atom is 0.242 e. The molecule has 0 aromatic heterocycles. The Morgan fingerprint density at radius 1 is 1.26 bits per heavy atom. The Morgan fingerprint density at radius 2 is 1.97 bits per heavy atom. The van der Waals surface area contributed by atoms with Gasteiger partial charge in [0, 0.05) is 24.7 Å². The normalized spacial score (nSPS) is 17.3. The van der Waals surface area contributed by atoms with E-state index in [0.717, 1.165) is 0 Å². The quantitative estimate of drug-likeness (QED) is 0.575. The van der Waals surface area contributed by atoms with Crippen LogP contribution in [0.15, 0.2) is 41.4 Å². The van der Waals surface area contributed by atoms with Crippen LogP contribution in [-0.2, 0) is 9.59 Å². The van der Waals surface area contributed by atoms with Crippen LogP contribution in [0.25, 0.3) is 0 Å². The third-order valence-electron chi connectivity index (χ3n) is 4.36. The number of aromatic hydroxyl groups is 1. The molecule has 1 aliphatic heterocycles. The van der Waals surface area contributed by atoms with Gasteiger partial charge in [-0.25, -0.2) is 4.99 Å². The summed E-state index contributed by atoms with van der Waals surface area (Å²) in [6, 6.07) is 10.00. The summed E-state index contributed by atoms with van der Waals surface area (Å²) in [5, 5.41) is 12.5. The third kappa shape index (κ3) is 5.64. The first-order valence-electron chi connectivity index (χ1n) is 9.59. The zero-order valence-corrected chi connectivity index (χ0v) is 19.2. The maximum absolute atomic E-state index is 12.8. The lowest BCUT2D eigenvalue weighted by atomic mass is 10.2. The summed E-state index contributed by atoms with van der Waals surface area (Å²) in [5.41, 5.74) is 1.00. The lowest BCUT2D eigenvalue weighted by Gasteiger charge is -2.13. The molecule has 0 radical (unpaired) electrons. The number of amidine groups is 1. The largest absolute Gasteiger partial charge is 0.505 e. The molecule has 164 valence electrons. The van der Waals surface area contributed by atoms with Crippen LogP contribution in [0, 0.1) is 0 Å². The molecule has 2 amide bonds. The number of nitrogens with one attached hydrogen (secondary N) is 1. The van der Waals surface area contributed by atoms with Gasteiger partial charge in [0.1, 0.15) is 11.0 Å². The second-order valence-electron chi connectivity index (χ2n) is 6.55. The van der Waals surface area contributed by atoms with Gasteiger partial charge >= 0.3 is 0 Å². The number of phenolic OH excluding ortho intramolecular Hbond substituents is 1. The number of hydrogen-bond donors (Lipinski definition) is 2. The smallest absolute Gasteiger partial charge is 0.242 e. The van der Waals surface area contributed by atoms with Gasteiger partial charge in [-0.15, -0.1) is 0 Å². The van der Waals surface area contributed by atoms with Crippen LogP contribution in [0.5, 0.6) is 11.5 Å². The summed E-state index contributed by atoms with van der Waals surface area (Å²) in [5.74, 6) is -0.0462. The number of halogens is 2. The average Bonchev–Trinajstić information content (AvgIpc) is 3.00. The molecule has 0 unspecified atom stereocenters. The Kier molecular flexibility index (Phi) is 7.69. The number of anilines is 1. The summed E-state index contributed by atoms with van der Waals surface area (Å²) >= 11 is 13.1. The highest BCUT2D eigenvalue weighted by atomic mass is 35.5. The topological polar surface area (TPSA) is 91.2 Å². The Hall–Kier alpha value is -2.42. The number of aliphatic imine (C=N–C) groups is 1. The van der Waals surface area contributed by atoms with Crippen molar-refractivity contribution in [2.24, 2.45) is 4.99 Å². The number of carbonyl (C=O) groups is 2. The van der Waals surface area contributed by atoms with Crippen LogP contribution < -0.4 is 10.1 Å². The van der Waals surface area contributed by atoms with Gasteiger partial charge in [-0.3, -0.25) is 14.5 Å². The molecule has 1 heterocycles. The van der Waals surface area contributed by atoms with Crippen molar-refractivity contribution >= 4 is 63.3 Å². The monoisotopic (exact) mass is 481 g/mol. The van der Waals surface area contributed by atoms with Crippen molar-refractivity contribution in [2.75, 3.05) is 18.5 Å². The van der Waals surface area contributed by atoms with Crippen LogP contribution in [-0.4, -0.2) is 45.4 Å². The number of hydrogen-bond acceptors (Lipinski definition) is 6. The van der Waals surface area contributed by atoms with Crippen LogP contribution >= 0.6 is 35.0 Å². The van der Waals surface area contributed by atoms with E-state index in [2.05, 4.69) is 10.3 Å². The molecule has 2 aromatic rings. The first-order valence-corrected chi connectivity index (χ1v) is 11.2. The number of benzene rings is 2. The van der Waals surface area contributed by atoms with Gasteiger partial charge in [-0.2, -0.15) is 0 Å². The first-order chi connectivity index (χ1) is 14.8. The average molecular weight is 482 g/mol. The molecule has 0 bridgehead atoms. The molecular weight excluding hydrogens is 461 g/mol. The number of amides is 2. The molecule has 2 aromatic carbocycles. The number of nitrogens with zero attached hydrogens (tertiary/aromatic N) is 2. The fourth-order valence-corrected chi connectivity index (χ4v) is 4.65. The Balaban J connectivity index is 1.72. The molecule has 0 saturated carbocycles. The van der Waals surface area contributed by atoms with Gasteiger partial charge in [-0.1, -0.05) is 41.0 Å². The standard InChI is InChI=1S/C21H21Cl2N3O4S/c1-3-26-20(29)17(11-18(27)24-12-6-5-7-14(8-12)30-4-2)31-21(26)25-13-9-15(22)19(28)16(23)10-13/h5-10,17,28H,3-4,11H2,1-2H3,(H,24,27)/t17-/m1/s1. The molecule has 0 spiro atoms. The zero-order valence-electron chi connectivity index (χ0n) is 16.9. The van der Waals surface area contributed by atoms with Crippen LogP contribution in [0.1, 0.15) is 20.3 Å². The van der Waals surface area contributed by atoms with Crippen molar-refractivity contribution < 1.29 is 19.4 Å². The van der Waals surface area contributed by atoms with Crippen molar-refractivity contribution in [2.45, 2.75) is 25.5 Å². The zero-order chi connectivity index (χ0) is 22.5. The lowest BCUT2D eigenvalue weighted by molar-refractivity contribution is -0.128. The molecule has 2 N–H and O–H groups in total. The second kappa shape index (κ2) is 10.3. The van der Waals surface area contributed by atoms with Crippen molar-refractivity contribution in [3.05, 3.63) is 46.4 Å². The highest BCUT2D eigenvalue weighted by molar-refractivity contribution is 8.15. The molecule has 1 fully saturated rings. The molecule has 1 atom stereocenters. The number of phenols is 1. The van der Waals surface area contributed by atoms with E-state index in [4.69, 9.17) is 27.9 Å². The molecule has 0 aliphatic carbocycles. The molecule has 3 rings (SSSR count). The van der Waals surface area contributed by atoms with Crippen molar-refractivity contribution in [1.82, 2.24) is 4.90 Å². The minimum atomic E-state index is -0.600. The summed E-state index contributed by atoms with van der Waals surface area (Å²) in [7, 11) is 0.